The Kier molecular flexibility index (Phi) is 1.91. The minimum atomic E-state index is -0.254. The van der Waals surface area contributed by atoms with Crippen LogP contribution in [0, 0.1) is 0 Å². The van der Waals surface area contributed by atoms with Crippen LogP contribution in [0.25, 0.3) is 11.2 Å². The monoisotopic (exact) mass is 172 g/mol. The third-order valence-electron chi connectivity index (χ3n) is 1.20. The van der Waals surface area contributed by atoms with Crippen molar-refractivity contribution < 1.29 is 0 Å². The topological polar surface area (TPSA) is 74.4 Å². The maximum absolute atomic E-state index is 10.6. The molecule has 58 valence electrons. The molecule has 0 fully saturated rings. The van der Waals surface area contributed by atoms with Gasteiger partial charge in [0.1, 0.15) is 0 Å². The van der Waals surface area contributed by atoms with Crippen LogP contribution in [0.1, 0.15) is 0 Å². The van der Waals surface area contributed by atoms with E-state index >= 15 is 0 Å². The molecule has 0 aliphatic carbocycles. The van der Waals surface area contributed by atoms with Crippen LogP contribution >= 0.6 is 12.4 Å². The van der Waals surface area contributed by atoms with E-state index in [2.05, 4.69) is 20.2 Å². The third-order valence-corrected chi connectivity index (χ3v) is 1.20. The highest BCUT2D eigenvalue weighted by molar-refractivity contribution is 5.85. The van der Waals surface area contributed by atoms with Gasteiger partial charge in [0.15, 0.2) is 5.65 Å². The molecular weight excluding hydrogens is 168 g/mol. The fraction of sp³-hybridized carbons (Fsp3) is 0. The van der Waals surface area contributed by atoms with Gasteiger partial charge in [-0.25, -0.2) is 4.79 Å². The molecule has 2 heterocycles. The summed E-state index contributed by atoms with van der Waals surface area (Å²) in [5.41, 5.74) is 0.919. The highest BCUT2D eigenvalue weighted by Crippen LogP contribution is 1.96. The highest BCUT2D eigenvalue weighted by Gasteiger charge is 1.94. The van der Waals surface area contributed by atoms with Crippen molar-refractivity contribution in [1.82, 2.24) is 20.2 Å². The lowest BCUT2D eigenvalue weighted by Crippen LogP contribution is -1.99. The summed E-state index contributed by atoms with van der Waals surface area (Å²) in [6, 6.07) is 1.68. The first-order valence-electron chi connectivity index (χ1n) is 2.76. The van der Waals surface area contributed by atoms with Gasteiger partial charge in [-0.3, -0.25) is 4.98 Å². The maximum Gasteiger partial charge on any atom is 0.325 e. The lowest BCUT2D eigenvalue weighted by molar-refractivity contribution is 1.05. The number of H-pyrrole nitrogens is 2. The minimum absolute atomic E-state index is 0. The van der Waals surface area contributed by atoms with E-state index in [1.807, 2.05) is 0 Å². The minimum Gasteiger partial charge on any atom is -0.304 e. The number of halogens is 1. The second-order valence-electron chi connectivity index (χ2n) is 1.87. The summed E-state index contributed by atoms with van der Waals surface area (Å²) < 4.78 is 0. The maximum atomic E-state index is 10.6. The van der Waals surface area contributed by atoms with Crippen molar-refractivity contribution in [1.29, 1.82) is 0 Å². The van der Waals surface area contributed by atoms with Crippen LogP contribution in [0.15, 0.2) is 17.1 Å². The number of nitrogens with one attached hydrogen (secondary N) is 2. The molecule has 2 rings (SSSR count). The number of imidazole rings is 1. The van der Waals surface area contributed by atoms with E-state index in [1.165, 1.54) is 6.20 Å². The second kappa shape index (κ2) is 2.71. The average Bonchev–Trinajstić information content (AvgIpc) is 2.27. The van der Waals surface area contributed by atoms with Crippen LogP contribution in [0.3, 0.4) is 0 Å². The molecule has 0 saturated carbocycles. The van der Waals surface area contributed by atoms with Crippen molar-refractivity contribution in [3.8, 4) is 0 Å². The first kappa shape index (κ1) is 7.74. The average molecular weight is 173 g/mol. The molecule has 0 radical (unpaired) electrons. The zero-order valence-electron chi connectivity index (χ0n) is 5.37. The van der Waals surface area contributed by atoms with Crippen LogP contribution in [0.2, 0.25) is 0 Å². The van der Waals surface area contributed by atoms with Crippen molar-refractivity contribution in [3.05, 3.63) is 22.7 Å². The number of hydrogen-bond acceptors (Lipinski definition) is 3. The molecule has 11 heavy (non-hydrogen) atoms. The Hall–Kier alpha value is -1.36. The van der Waals surface area contributed by atoms with Crippen molar-refractivity contribution >= 4 is 23.6 Å². The Morgan fingerprint density at radius 1 is 1.36 bits per heavy atom. The molecule has 0 aliphatic heterocycles. The van der Waals surface area contributed by atoms with Crippen molar-refractivity contribution in [2.24, 2.45) is 0 Å². The summed E-state index contributed by atoms with van der Waals surface area (Å²) in [5, 5.41) is 7.25. The summed E-state index contributed by atoms with van der Waals surface area (Å²) in [5.74, 6) is 0. The molecule has 2 N–H and O–H groups in total. The molecule has 0 aromatic carbocycles. The standard InChI is InChI=1S/C5H4N4O.ClH/c10-5-7-3-1-2-6-9-4(3)8-5;/h1-2H,(H2,7,8,9,10);1H. The van der Waals surface area contributed by atoms with Gasteiger partial charge in [-0.1, -0.05) is 0 Å². The van der Waals surface area contributed by atoms with E-state index in [4.69, 9.17) is 0 Å². The second-order valence-corrected chi connectivity index (χ2v) is 1.87. The molecule has 0 atom stereocenters. The zero-order valence-corrected chi connectivity index (χ0v) is 6.18. The van der Waals surface area contributed by atoms with Gasteiger partial charge in [-0.2, -0.15) is 5.10 Å². The lowest BCUT2D eigenvalue weighted by Gasteiger charge is -1.79. The van der Waals surface area contributed by atoms with Crippen LogP contribution in [0.4, 0.5) is 0 Å². The van der Waals surface area contributed by atoms with E-state index in [1.54, 1.807) is 6.07 Å². The quantitative estimate of drug-likeness (QED) is 0.591. The molecule has 0 bridgehead atoms. The zero-order chi connectivity index (χ0) is 6.97. The number of fused-ring (bicyclic) bond motifs is 1. The van der Waals surface area contributed by atoms with Gasteiger partial charge >= 0.3 is 5.69 Å². The van der Waals surface area contributed by atoms with Gasteiger partial charge < -0.3 is 4.98 Å². The first-order chi connectivity index (χ1) is 4.86. The van der Waals surface area contributed by atoms with Crippen molar-refractivity contribution in [3.63, 3.8) is 0 Å². The number of nitrogens with zero attached hydrogens (tertiary/aromatic N) is 2. The van der Waals surface area contributed by atoms with E-state index in [-0.39, 0.29) is 18.1 Å². The number of aromatic amines is 2. The van der Waals surface area contributed by atoms with E-state index in [0.29, 0.717) is 11.2 Å². The summed E-state index contributed by atoms with van der Waals surface area (Å²) in [6.07, 6.45) is 1.52. The Balaban J connectivity index is 0.000000605. The number of aromatic nitrogens is 4. The van der Waals surface area contributed by atoms with E-state index < -0.39 is 0 Å². The van der Waals surface area contributed by atoms with E-state index in [0.717, 1.165) is 0 Å². The van der Waals surface area contributed by atoms with Crippen molar-refractivity contribution in [2.45, 2.75) is 0 Å². The largest absolute Gasteiger partial charge is 0.325 e. The molecule has 5 nitrogen and oxygen atoms in total. The number of rotatable bonds is 0. The van der Waals surface area contributed by atoms with Gasteiger partial charge in [0.2, 0.25) is 0 Å². The summed E-state index contributed by atoms with van der Waals surface area (Å²) in [6.45, 7) is 0. The summed E-state index contributed by atoms with van der Waals surface area (Å²) in [7, 11) is 0. The van der Waals surface area contributed by atoms with Gasteiger partial charge in [-0.05, 0) is 6.07 Å². The van der Waals surface area contributed by atoms with Gasteiger partial charge in [0, 0.05) is 0 Å². The Morgan fingerprint density at radius 3 is 2.91 bits per heavy atom. The fourth-order valence-corrected chi connectivity index (χ4v) is 0.786. The molecule has 2 aromatic heterocycles. The predicted molar refractivity (Wildman–Crippen MR) is 41.8 cm³/mol. The smallest absolute Gasteiger partial charge is 0.304 e. The molecule has 0 amide bonds. The summed E-state index contributed by atoms with van der Waals surface area (Å²) in [4.78, 5) is 15.6. The Labute approximate surface area is 67.3 Å². The summed E-state index contributed by atoms with van der Waals surface area (Å²) >= 11 is 0. The van der Waals surface area contributed by atoms with Gasteiger partial charge in [0.25, 0.3) is 0 Å². The lowest BCUT2D eigenvalue weighted by atomic mass is 10.5. The van der Waals surface area contributed by atoms with Crippen LogP contribution in [-0.2, 0) is 0 Å². The fourth-order valence-electron chi connectivity index (χ4n) is 0.786. The van der Waals surface area contributed by atoms with Crippen LogP contribution < -0.4 is 5.69 Å². The molecule has 0 spiro atoms. The molecule has 2 aromatic rings. The van der Waals surface area contributed by atoms with Crippen LogP contribution in [0.5, 0.6) is 0 Å². The van der Waals surface area contributed by atoms with E-state index in [9.17, 15) is 4.79 Å². The molecule has 0 aliphatic rings. The normalized spacial score (nSPS) is 9.45. The Bertz CT molecular complexity index is 370. The van der Waals surface area contributed by atoms with Gasteiger partial charge in [0.05, 0.1) is 11.7 Å². The molecule has 6 heteroatoms. The predicted octanol–water partition coefficient (Wildman–Crippen LogP) is 0.0680. The van der Waals surface area contributed by atoms with Crippen LogP contribution in [-0.4, -0.2) is 20.2 Å². The first-order valence-corrected chi connectivity index (χ1v) is 2.76. The third kappa shape index (κ3) is 1.22. The Morgan fingerprint density at radius 2 is 2.18 bits per heavy atom. The highest BCUT2D eigenvalue weighted by atomic mass is 35.5. The molecular formula is C5H5ClN4O. The SMILES string of the molecule is Cl.O=c1[nH]c2ccnnc2[nH]1. The molecule has 0 unspecified atom stereocenters. The van der Waals surface area contributed by atoms with Crippen molar-refractivity contribution in [2.75, 3.05) is 0 Å². The van der Waals surface area contributed by atoms with Gasteiger partial charge in [-0.15, -0.1) is 17.5 Å². The molecule has 0 saturated heterocycles. The number of hydrogen-bond donors (Lipinski definition) is 2.